The van der Waals surface area contributed by atoms with E-state index in [1.54, 1.807) is 6.92 Å². The summed E-state index contributed by atoms with van der Waals surface area (Å²) in [4.78, 5) is 12.7. The molecule has 0 heterocycles. The Bertz CT molecular complexity index is 448. The molecular formula is C13H19ClN2O3. The average molecular weight is 287 g/mol. The quantitative estimate of drug-likeness (QED) is 0.570. The van der Waals surface area contributed by atoms with Gasteiger partial charge in [-0.05, 0) is 25.6 Å². The maximum absolute atomic E-state index is 11.0. The average Bonchev–Trinajstić information content (AvgIpc) is 2.38. The van der Waals surface area contributed by atoms with Gasteiger partial charge in [-0.3, -0.25) is 10.1 Å². The summed E-state index contributed by atoms with van der Waals surface area (Å²) in [5, 5.41) is 11.4. The van der Waals surface area contributed by atoms with Crippen LogP contribution in [0.5, 0.6) is 5.75 Å². The Hall–Kier alpha value is -1.33. The summed E-state index contributed by atoms with van der Waals surface area (Å²) in [7, 11) is 0. The fourth-order valence-electron chi connectivity index (χ4n) is 1.73. The number of aryl methyl sites for hydroxylation is 1. The normalized spacial score (nSPS) is 10.8. The van der Waals surface area contributed by atoms with Gasteiger partial charge < -0.3 is 9.64 Å². The monoisotopic (exact) mass is 286 g/mol. The number of likely N-dealkylation sites (N-methyl/N-ethyl adjacent to an activating group) is 1. The van der Waals surface area contributed by atoms with Crippen molar-refractivity contribution in [3.05, 3.63) is 32.8 Å². The number of hydrogen-bond donors (Lipinski definition) is 0. The lowest BCUT2D eigenvalue weighted by atomic mass is 10.2. The van der Waals surface area contributed by atoms with Gasteiger partial charge in [0.2, 0.25) is 0 Å². The van der Waals surface area contributed by atoms with Crippen molar-refractivity contribution in [3.63, 3.8) is 0 Å². The maximum atomic E-state index is 11.0. The van der Waals surface area contributed by atoms with Crippen LogP contribution in [0, 0.1) is 17.0 Å². The number of hydrogen-bond acceptors (Lipinski definition) is 4. The zero-order valence-corrected chi connectivity index (χ0v) is 12.2. The molecule has 0 unspecified atom stereocenters. The summed E-state index contributed by atoms with van der Waals surface area (Å²) >= 11 is 5.97. The minimum atomic E-state index is -0.448. The molecule has 0 amide bonds. The predicted molar refractivity (Wildman–Crippen MR) is 76.1 cm³/mol. The SMILES string of the molecule is CCN(CC)CCOc1cc(Cl)c(C)cc1[N+](=O)[O-]. The first-order valence-electron chi connectivity index (χ1n) is 6.29. The third-order valence-electron chi connectivity index (χ3n) is 3.00. The van der Waals surface area contributed by atoms with Gasteiger partial charge in [-0.1, -0.05) is 25.4 Å². The molecule has 0 aliphatic heterocycles. The van der Waals surface area contributed by atoms with Gasteiger partial charge in [0.25, 0.3) is 0 Å². The molecule has 1 aromatic rings. The van der Waals surface area contributed by atoms with Gasteiger partial charge in [-0.15, -0.1) is 0 Å². The van der Waals surface area contributed by atoms with E-state index < -0.39 is 4.92 Å². The van der Waals surface area contributed by atoms with Gasteiger partial charge in [0.1, 0.15) is 6.61 Å². The smallest absolute Gasteiger partial charge is 0.311 e. The first-order chi connectivity index (χ1) is 8.99. The molecular weight excluding hydrogens is 268 g/mol. The summed E-state index contributed by atoms with van der Waals surface area (Å²) in [5.41, 5.74) is 0.630. The third-order valence-corrected chi connectivity index (χ3v) is 3.40. The van der Waals surface area contributed by atoms with Crippen molar-refractivity contribution in [1.29, 1.82) is 0 Å². The number of nitro groups is 1. The summed E-state index contributed by atoms with van der Waals surface area (Å²) in [5.74, 6) is 0.229. The molecule has 0 atom stereocenters. The standard InChI is InChI=1S/C13H19ClN2O3/c1-4-15(5-2)6-7-19-13-9-11(14)10(3)8-12(13)16(17)18/h8-9H,4-7H2,1-3H3. The second-order valence-electron chi connectivity index (χ2n) is 4.20. The number of benzene rings is 1. The van der Waals surface area contributed by atoms with Crippen LogP contribution >= 0.6 is 11.6 Å². The summed E-state index contributed by atoms with van der Waals surface area (Å²) in [6, 6.07) is 2.95. The van der Waals surface area contributed by atoms with Crippen LogP contribution in [0.2, 0.25) is 5.02 Å². The Morgan fingerprint density at radius 1 is 1.37 bits per heavy atom. The Labute approximate surface area is 118 Å². The molecule has 5 nitrogen and oxygen atoms in total. The van der Waals surface area contributed by atoms with E-state index in [9.17, 15) is 10.1 Å². The Morgan fingerprint density at radius 3 is 2.53 bits per heavy atom. The highest BCUT2D eigenvalue weighted by molar-refractivity contribution is 6.31. The number of ether oxygens (including phenoxy) is 1. The molecule has 6 heteroatoms. The van der Waals surface area contributed by atoms with Crippen molar-refractivity contribution in [2.45, 2.75) is 20.8 Å². The second-order valence-corrected chi connectivity index (χ2v) is 4.61. The minimum absolute atomic E-state index is 0.0403. The van der Waals surface area contributed by atoms with Crippen LogP contribution in [-0.4, -0.2) is 36.1 Å². The zero-order chi connectivity index (χ0) is 14.4. The molecule has 0 spiro atoms. The lowest BCUT2D eigenvalue weighted by Crippen LogP contribution is -2.28. The third kappa shape index (κ3) is 4.36. The van der Waals surface area contributed by atoms with Crippen LogP contribution in [-0.2, 0) is 0 Å². The molecule has 106 valence electrons. The van der Waals surface area contributed by atoms with Crippen LogP contribution in [0.3, 0.4) is 0 Å². The van der Waals surface area contributed by atoms with Crippen molar-refractivity contribution in [2.75, 3.05) is 26.2 Å². The molecule has 0 aliphatic carbocycles. The Balaban J connectivity index is 2.77. The number of halogens is 1. The van der Waals surface area contributed by atoms with Gasteiger partial charge >= 0.3 is 5.69 Å². The molecule has 0 N–H and O–H groups in total. The van der Waals surface area contributed by atoms with E-state index in [2.05, 4.69) is 18.7 Å². The van der Waals surface area contributed by atoms with Gasteiger partial charge in [0, 0.05) is 23.7 Å². The highest BCUT2D eigenvalue weighted by atomic mass is 35.5. The van der Waals surface area contributed by atoms with Crippen molar-refractivity contribution in [3.8, 4) is 5.75 Å². The van der Waals surface area contributed by atoms with Crippen LogP contribution in [0.25, 0.3) is 0 Å². The maximum Gasteiger partial charge on any atom is 0.311 e. The fourth-order valence-corrected chi connectivity index (χ4v) is 1.88. The Morgan fingerprint density at radius 2 is 2.00 bits per heavy atom. The second kappa shape index (κ2) is 7.31. The first-order valence-corrected chi connectivity index (χ1v) is 6.67. The molecule has 0 aromatic heterocycles. The highest BCUT2D eigenvalue weighted by Crippen LogP contribution is 2.32. The molecule has 0 saturated carbocycles. The summed E-state index contributed by atoms with van der Waals surface area (Å²) in [6.45, 7) is 8.85. The lowest BCUT2D eigenvalue weighted by Gasteiger charge is -2.18. The van der Waals surface area contributed by atoms with Crippen LogP contribution in [0.4, 0.5) is 5.69 Å². The minimum Gasteiger partial charge on any atom is -0.485 e. The molecule has 0 fully saturated rings. The van der Waals surface area contributed by atoms with Gasteiger partial charge in [0.05, 0.1) is 4.92 Å². The number of nitro benzene ring substituents is 1. The summed E-state index contributed by atoms with van der Waals surface area (Å²) in [6.07, 6.45) is 0. The lowest BCUT2D eigenvalue weighted by molar-refractivity contribution is -0.385. The molecule has 1 aromatic carbocycles. The van der Waals surface area contributed by atoms with E-state index in [1.807, 2.05) is 0 Å². The van der Waals surface area contributed by atoms with E-state index >= 15 is 0 Å². The van der Waals surface area contributed by atoms with Crippen molar-refractivity contribution in [2.24, 2.45) is 0 Å². The Kier molecular flexibility index (Phi) is 6.05. The van der Waals surface area contributed by atoms with E-state index in [0.717, 1.165) is 19.6 Å². The molecule has 0 saturated heterocycles. The molecule has 0 bridgehead atoms. The van der Waals surface area contributed by atoms with Gasteiger partial charge in [-0.2, -0.15) is 0 Å². The largest absolute Gasteiger partial charge is 0.485 e. The molecule has 0 aliphatic rings. The molecule has 19 heavy (non-hydrogen) atoms. The van der Waals surface area contributed by atoms with Crippen molar-refractivity contribution in [1.82, 2.24) is 4.90 Å². The van der Waals surface area contributed by atoms with E-state index in [-0.39, 0.29) is 11.4 Å². The van der Waals surface area contributed by atoms with Gasteiger partial charge in [-0.25, -0.2) is 0 Å². The van der Waals surface area contributed by atoms with Crippen molar-refractivity contribution >= 4 is 17.3 Å². The fraction of sp³-hybridized carbons (Fsp3) is 0.538. The van der Waals surface area contributed by atoms with E-state index in [4.69, 9.17) is 16.3 Å². The number of nitrogens with zero attached hydrogens (tertiary/aromatic N) is 2. The highest BCUT2D eigenvalue weighted by Gasteiger charge is 2.17. The van der Waals surface area contributed by atoms with Crippen LogP contribution in [0.1, 0.15) is 19.4 Å². The number of rotatable bonds is 7. The van der Waals surface area contributed by atoms with Crippen LogP contribution in [0.15, 0.2) is 12.1 Å². The predicted octanol–water partition coefficient (Wildman–Crippen LogP) is 3.28. The van der Waals surface area contributed by atoms with E-state index in [1.165, 1.54) is 12.1 Å². The van der Waals surface area contributed by atoms with Gasteiger partial charge in [0.15, 0.2) is 5.75 Å². The molecule has 1 rings (SSSR count). The van der Waals surface area contributed by atoms with Crippen LogP contribution < -0.4 is 4.74 Å². The zero-order valence-electron chi connectivity index (χ0n) is 11.5. The summed E-state index contributed by atoms with van der Waals surface area (Å²) < 4.78 is 5.50. The first kappa shape index (κ1) is 15.7. The van der Waals surface area contributed by atoms with E-state index in [0.29, 0.717) is 17.2 Å². The topological polar surface area (TPSA) is 55.6 Å². The molecule has 0 radical (unpaired) electrons. The van der Waals surface area contributed by atoms with Crippen molar-refractivity contribution < 1.29 is 9.66 Å².